The summed E-state index contributed by atoms with van der Waals surface area (Å²) in [6.07, 6.45) is 8.89. The molecule has 0 aromatic carbocycles. The van der Waals surface area contributed by atoms with Crippen LogP contribution in [0.3, 0.4) is 0 Å². The molecule has 1 rings (SSSR count). The average Bonchev–Trinajstić information content (AvgIpc) is 2.47. The lowest BCUT2D eigenvalue weighted by atomic mass is 9.78. The van der Waals surface area contributed by atoms with Crippen LogP contribution in [0.25, 0.3) is 0 Å². The number of hydrogen-bond acceptors (Lipinski definition) is 3. The Morgan fingerprint density at radius 3 is 2.37 bits per heavy atom. The van der Waals surface area contributed by atoms with Crippen molar-refractivity contribution >= 4 is 0 Å². The normalized spacial score (nSPS) is 29.7. The molecule has 0 heterocycles. The van der Waals surface area contributed by atoms with Gasteiger partial charge >= 0.3 is 0 Å². The molecule has 114 valence electrons. The molecule has 1 aliphatic carbocycles. The van der Waals surface area contributed by atoms with Gasteiger partial charge in [0.25, 0.3) is 0 Å². The van der Waals surface area contributed by atoms with Gasteiger partial charge in [-0.2, -0.15) is 0 Å². The van der Waals surface area contributed by atoms with Gasteiger partial charge in [-0.05, 0) is 52.0 Å². The van der Waals surface area contributed by atoms with Gasteiger partial charge in [-0.1, -0.05) is 20.3 Å². The summed E-state index contributed by atoms with van der Waals surface area (Å²) in [5.74, 6) is 0. The highest BCUT2D eigenvalue weighted by Crippen LogP contribution is 2.36. The van der Waals surface area contributed by atoms with Crippen LogP contribution in [0.2, 0.25) is 0 Å². The second kappa shape index (κ2) is 8.23. The van der Waals surface area contributed by atoms with Gasteiger partial charge in [-0.25, -0.2) is 0 Å². The molecule has 1 saturated carbocycles. The molecule has 0 aromatic rings. The second-order valence-electron chi connectivity index (χ2n) is 6.17. The van der Waals surface area contributed by atoms with Crippen LogP contribution in [0, 0.1) is 0 Å². The fourth-order valence-corrected chi connectivity index (χ4v) is 3.45. The molecule has 3 nitrogen and oxygen atoms in total. The molecule has 2 N–H and O–H groups in total. The summed E-state index contributed by atoms with van der Waals surface area (Å²) in [5, 5.41) is 0. The first-order valence-electron chi connectivity index (χ1n) is 8.13. The number of unbranched alkanes of at least 4 members (excludes halogenated alkanes) is 1. The maximum absolute atomic E-state index is 6.21. The van der Waals surface area contributed by atoms with Gasteiger partial charge in [0.05, 0.1) is 6.10 Å². The van der Waals surface area contributed by atoms with Crippen molar-refractivity contribution in [2.75, 3.05) is 20.2 Å². The third kappa shape index (κ3) is 4.17. The van der Waals surface area contributed by atoms with E-state index >= 15 is 0 Å². The van der Waals surface area contributed by atoms with Gasteiger partial charge in [-0.15, -0.1) is 0 Å². The standard InChI is InChI=1S/C16H34N2O/c1-5-7-12-18(14(3)6-2)16(13-17)10-8-15(19-4)9-11-16/h14-15H,5-13,17H2,1-4H3. The number of rotatable bonds is 8. The summed E-state index contributed by atoms with van der Waals surface area (Å²) in [6.45, 7) is 8.90. The van der Waals surface area contributed by atoms with Crippen LogP contribution in [0.1, 0.15) is 65.7 Å². The largest absolute Gasteiger partial charge is 0.381 e. The van der Waals surface area contributed by atoms with E-state index in [1.54, 1.807) is 0 Å². The lowest BCUT2D eigenvalue weighted by molar-refractivity contribution is -0.0246. The van der Waals surface area contributed by atoms with Gasteiger partial charge in [0.15, 0.2) is 0 Å². The van der Waals surface area contributed by atoms with Crippen LogP contribution in [0.5, 0.6) is 0 Å². The van der Waals surface area contributed by atoms with Crippen LogP contribution >= 0.6 is 0 Å². The highest BCUT2D eigenvalue weighted by molar-refractivity contribution is 4.97. The van der Waals surface area contributed by atoms with Gasteiger partial charge in [0, 0.05) is 25.2 Å². The third-order valence-electron chi connectivity index (χ3n) is 5.06. The summed E-state index contributed by atoms with van der Waals surface area (Å²) < 4.78 is 5.52. The second-order valence-corrected chi connectivity index (χ2v) is 6.17. The zero-order valence-corrected chi connectivity index (χ0v) is 13.5. The molecule has 19 heavy (non-hydrogen) atoms. The Balaban J connectivity index is 2.77. The summed E-state index contributed by atoms with van der Waals surface area (Å²) >= 11 is 0. The van der Waals surface area contributed by atoms with Gasteiger partial charge in [0.1, 0.15) is 0 Å². The Labute approximate surface area is 119 Å². The zero-order chi connectivity index (χ0) is 14.3. The van der Waals surface area contributed by atoms with Crippen molar-refractivity contribution in [2.24, 2.45) is 5.73 Å². The van der Waals surface area contributed by atoms with Crippen LogP contribution in [-0.4, -0.2) is 42.8 Å². The number of hydrogen-bond donors (Lipinski definition) is 1. The number of nitrogens with zero attached hydrogens (tertiary/aromatic N) is 1. The van der Waals surface area contributed by atoms with Crippen molar-refractivity contribution in [3.63, 3.8) is 0 Å². The van der Waals surface area contributed by atoms with E-state index in [2.05, 4.69) is 25.7 Å². The van der Waals surface area contributed by atoms with E-state index in [0.717, 1.165) is 19.4 Å². The molecule has 0 aromatic heterocycles. The minimum Gasteiger partial charge on any atom is -0.381 e. The smallest absolute Gasteiger partial charge is 0.0572 e. The highest BCUT2D eigenvalue weighted by Gasteiger charge is 2.40. The van der Waals surface area contributed by atoms with Crippen molar-refractivity contribution in [1.82, 2.24) is 4.90 Å². The lowest BCUT2D eigenvalue weighted by Crippen LogP contribution is -2.59. The van der Waals surface area contributed by atoms with Crippen molar-refractivity contribution < 1.29 is 4.74 Å². The first-order valence-corrected chi connectivity index (χ1v) is 8.13. The van der Waals surface area contributed by atoms with Crippen LogP contribution < -0.4 is 5.73 Å². The highest BCUT2D eigenvalue weighted by atomic mass is 16.5. The summed E-state index contributed by atoms with van der Waals surface area (Å²) in [5.41, 5.74) is 6.43. The van der Waals surface area contributed by atoms with Gasteiger partial charge in [-0.3, -0.25) is 4.90 Å². The third-order valence-corrected chi connectivity index (χ3v) is 5.06. The van der Waals surface area contributed by atoms with Crippen LogP contribution in [0.15, 0.2) is 0 Å². The fourth-order valence-electron chi connectivity index (χ4n) is 3.45. The van der Waals surface area contributed by atoms with Crippen molar-refractivity contribution in [3.8, 4) is 0 Å². The fraction of sp³-hybridized carbons (Fsp3) is 1.00. The summed E-state index contributed by atoms with van der Waals surface area (Å²) in [6, 6.07) is 0.634. The summed E-state index contributed by atoms with van der Waals surface area (Å²) in [4.78, 5) is 2.71. The molecular formula is C16H34N2O. The van der Waals surface area contributed by atoms with E-state index in [-0.39, 0.29) is 5.54 Å². The van der Waals surface area contributed by atoms with E-state index in [4.69, 9.17) is 10.5 Å². The average molecular weight is 270 g/mol. The number of methoxy groups -OCH3 is 1. The molecule has 1 unspecified atom stereocenters. The molecule has 1 aliphatic rings. The summed E-state index contributed by atoms with van der Waals surface area (Å²) in [7, 11) is 1.84. The SMILES string of the molecule is CCCCN(C(C)CC)C1(CN)CCC(OC)CC1. The predicted octanol–water partition coefficient (Wildman–Crippen LogP) is 3.17. The lowest BCUT2D eigenvalue weighted by Gasteiger charge is -2.50. The number of ether oxygens (including phenoxy) is 1. The molecule has 0 aliphatic heterocycles. The van der Waals surface area contributed by atoms with E-state index in [1.165, 1.54) is 38.6 Å². The van der Waals surface area contributed by atoms with Crippen LogP contribution in [0.4, 0.5) is 0 Å². The minimum absolute atomic E-state index is 0.222. The maximum atomic E-state index is 6.21. The predicted molar refractivity (Wildman–Crippen MR) is 82.4 cm³/mol. The molecule has 0 radical (unpaired) electrons. The van der Waals surface area contributed by atoms with E-state index in [0.29, 0.717) is 12.1 Å². The van der Waals surface area contributed by atoms with E-state index < -0.39 is 0 Å². The van der Waals surface area contributed by atoms with Gasteiger partial charge in [0.2, 0.25) is 0 Å². The topological polar surface area (TPSA) is 38.5 Å². The first-order chi connectivity index (χ1) is 9.13. The monoisotopic (exact) mass is 270 g/mol. The zero-order valence-electron chi connectivity index (χ0n) is 13.5. The van der Waals surface area contributed by atoms with Crippen molar-refractivity contribution in [3.05, 3.63) is 0 Å². The molecular weight excluding hydrogens is 236 g/mol. The molecule has 0 saturated heterocycles. The molecule has 1 fully saturated rings. The minimum atomic E-state index is 0.222. The van der Waals surface area contributed by atoms with Gasteiger partial charge < -0.3 is 10.5 Å². The Morgan fingerprint density at radius 1 is 1.32 bits per heavy atom. The Hall–Kier alpha value is -0.120. The molecule has 0 amide bonds. The Morgan fingerprint density at radius 2 is 1.95 bits per heavy atom. The molecule has 1 atom stereocenters. The quantitative estimate of drug-likeness (QED) is 0.736. The Kier molecular flexibility index (Phi) is 7.33. The van der Waals surface area contributed by atoms with Crippen LogP contribution in [-0.2, 0) is 4.74 Å². The van der Waals surface area contributed by atoms with E-state index in [1.807, 2.05) is 7.11 Å². The molecule has 0 spiro atoms. The Bertz CT molecular complexity index is 237. The first kappa shape index (κ1) is 16.9. The molecule has 0 bridgehead atoms. The van der Waals surface area contributed by atoms with E-state index in [9.17, 15) is 0 Å². The van der Waals surface area contributed by atoms with Crippen molar-refractivity contribution in [2.45, 2.75) is 83.4 Å². The maximum Gasteiger partial charge on any atom is 0.0572 e. The number of nitrogens with two attached hydrogens (primary N) is 1. The molecule has 3 heteroatoms. The van der Waals surface area contributed by atoms with Crippen molar-refractivity contribution in [1.29, 1.82) is 0 Å².